The SMILES string of the molecule is Cn1ncc(NC(O)c2csc(-c3c(F)cc(C4(F)COC4)cc3F)n2)c1[C@@H]1CC[C@@H](N)[C@H](F)CO1. The molecule has 4 N–H and O–H groups in total. The van der Waals surface area contributed by atoms with Gasteiger partial charge in [0.05, 0.1) is 43.0 Å². The maximum atomic E-state index is 14.8. The van der Waals surface area contributed by atoms with Crippen LogP contribution in [0.2, 0.25) is 0 Å². The molecule has 1 aromatic carbocycles. The molecule has 2 saturated heterocycles. The van der Waals surface area contributed by atoms with Crippen molar-refractivity contribution in [3.8, 4) is 10.6 Å². The van der Waals surface area contributed by atoms with Crippen molar-refractivity contribution in [2.24, 2.45) is 12.8 Å². The van der Waals surface area contributed by atoms with E-state index in [2.05, 4.69) is 15.4 Å². The minimum absolute atomic E-state index is 0.00773. The van der Waals surface area contributed by atoms with Crippen molar-refractivity contribution in [1.29, 1.82) is 0 Å². The summed E-state index contributed by atoms with van der Waals surface area (Å²) in [5.41, 5.74) is 4.53. The molecule has 36 heavy (non-hydrogen) atoms. The van der Waals surface area contributed by atoms with E-state index in [0.717, 1.165) is 23.5 Å². The van der Waals surface area contributed by atoms with E-state index in [4.69, 9.17) is 15.2 Å². The molecular formula is C23H25F4N5O3S. The number of aliphatic hydroxyl groups is 1. The quantitative estimate of drug-likeness (QED) is 0.332. The molecule has 2 aliphatic rings. The van der Waals surface area contributed by atoms with Gasteiger partial charge in [0, 0.05) is 18.5 Å². The van der Waals surface area contributed by atoms with E-state index in [-0.39, 0.29) is 36.1 Å². The molecule has 0 radical (unpaired) electrons. The number of alkyl halides is 2. The molecule has 8 nitrogen and oxygen atoms in total. The lowest BCUT2D eigenvalue weighted by Gasteiger charge is -2.34. The number of nitrogens with one attached hydrogen (secondary N) is 1. The summed E-state index contributed by atoms with van der Waals surface area (Å²) in [5, 5.41) is 19.3. The van der Waals surface area contributed by atoms with E-state index in [1.807, 2.05) is 0 Å². The van der Waals surface area contributed by atoms with Crippen LogP contribution in [0.1, 0.15) is 42.1 Å². The molecule has 0 amide bonds. The third-order valence-electron chi connectivity index (χ3n) is 6.50. The molecule has 2 fully saturated rings. The molecule has 5 rings (SSSR count). The summed E-state index contributed by atoms with van der Waals surface area (Å²) in [7, 11) is 1.70. The summed E-state index contributed by atoms with van der Waals surface area (Å²) < 4.78 is 70.1. The van der Waals surface area contributed by atoms with Crippen LogP contribution >= 0.6 is 11.3 Å². The fraction of sp³-hybridized carbons (Fsp3) is 0.478. The molecule has 0 saturated carbocycles. The number of hydrogen-bond acceptors (Lipinski definition) is 8. The van der Waals surface area contributed by atoms with Gasteiger partial charge in [-0.15, -0.1) is 11.3 Å². The van der Waals surface area contributed by atoms with Crippen molar-refractivity contribution in [2.75, 3.05) is 25.1 Å². The number of anilines is 1. The Hall–Kier alpha value is -2.58. The second-order valence-electron chi connectivity index (χ2n) is 9.04. The van der Waals surface area contributed by atoms with Gasteiger partial charge in [-0.05, 0) is 30.5 Å². The molecule has 0 aliphatic carbocycles. The highest BCUT2D eigenvalue weighted by Crippen LogP contribution is 2.39. The van der Waals surface area contributed by atoms with Gasteiger partial charge in [-0.3, -0.25) is 4.68 Å². The lowest BCUT2D eigenvalue weighted by atomic mass is 9.93. The lowest BCUT2D eigenvalue weighted by molar-refractivity contribution is -0.135. The second kappa shape index (κ2) is 9.71. The Labute approximate surface area is 208 Å². The number of benzene rings is 1. The van der Waals surface area contributed by atoms with Gasteiger partial charge < -0.3 is 25.6 Å². The highest BCUT2D eigenvalue weighted by molar-refractivity contribution is 7.13. The Bertz CT molecular complexity index is 1220. The average Bonchev–Trinajstić information content (AvgIpc) is 3.40. The Morgan fingerprint density at radius 1 is 1.28 bits per heavy atom. The molecule has 194 valence electrons. The zero-order chi connectivity index (χ0) is 25.6. The van der Waals surface area contributed by atoms with Crippen LogP contribution in [0.5, 0.6) is 0 Å². The standard InChI is InChI=1S/C23H25F4N5O3S/c1-32-20(18-3-2-15(28)14(26)7-35-18)16(6-29-32)30-21(33)17-8-36-22(31-17)19-12(24)4-11(5-13(19)25)23(27)9-34-10-23/h4-6,8,14-15,18,21,30,33H,2-3,7,9-10,28H2,1H3/t14-,15-,18+,21?/m1/s1. The highest BCUT2D eigenvalue weighted by atomic mass is 32.1. The number of rotatable bonds is 6. The molecule has 4 atom stereocenters. The van der Waals surface area contributed by atoms with Crippen LogP contribution in [0.15, 0.2) is 23.7 Å². The van der Waals surface area contributed by atoms with Crippen molar-refractivity contribution >= 4 is 17.0 Å². The van der Waals surface area contributed by atoms with Crippen LogP contribution in [0.3, 0.4) is 0 Å². The molecule has 2 aromatic heterocycles. The number of halogens is 4. The van der Waals surface area contributed by atoms with Crippen LogP contribution in [-0.2, 0) is 22.2 Å². The largest absolute Gasteiger partial charge is 0.374 e. The van der Waals surface area contributed by atoms with Crippen molar-refractivity contribution in [3.63, 3.8) is 0 Å². The Kier molecular flexibility index (Phi) is 6.76. The zero-order valence-electron chi connectivity index (χ0n) is 19.3. The van der Waals surface area contributed by atoms with Crippen LogP contribution in [0, 0.1) is 11.6 Å². The van der Waals surface area contributed by atoms with Gasteiger partial charge in [-0.2, -0.15) is 5.10 Å². The first-order valence-electron chi connectivity index (χ1n) is 11.4. The first kappa shape index (κ1) is 25.1. The van der Waals surface area contributed by atoms with Crippen molar-refractivity contribution < 1.29 is 32.1 Å². The minimum Gasteiger partial charge on any atom is -0.374 e. The number of ether oxygens (including phenoxy) is 2. The van der Waals surface area contributed by atoms with E-state index in [9.17, 15) is 22.7 Å². The van der Waals surface area contributed by atoms with Gasteiger partial charge in [0.1, 0.15) is 34.6 Å². The maximum absolute atomic E-state index is 14.8. The summed E-state index contributed by atoms with van der Waals surface area (Å²) in [6.07, 6.45) is -0.736. The Balaban J connectivity index is 1.35. The number of nitrogens with zero attached hydrogens (tertiary/aromatic N) is 3. The summed E-state index contributed by atoms with van der Waals surface area (Å²) in [6.45, 7) is -0.664. The fourth-order valence-corrected chi connectivity index (χ4v) is 5.21. The number of aliphatic hydroxyl groups excluding tert-OH is 1. The molecule has 3 aromatic rings. The van der Waals surface area contributed by atoms with E-state index >= 15 is 0 Å². The average molecular weight is 528 g/mol. The summed E-state index contributed by atoms with van der Waals surface area (Å²) in [4.78, 5) is 4.19. The Morgan fingerprint density at radius 2 is 2.00 bits per heavy atom. The molecule has 0 bridgehead atoms. The normalized spacial score (nSPS) is 24.7. The molecule has 2 aliphatic heterocycles. The fourth-order valence-electron chi connectivity index (χ4n) is 4.33. The third-order valence-corrected chi connectivity index (χ3v) is 7.38. The van der Waals surface area contributed by atoms with Gasteiger partial charge in [0.15, 0.2) is 11.9 Å². The molecule has 4 heterocycles. The lowest BCUT2D eigenvalue weighted by Crippen LogP contribution is -2.42. The third kappa shape index (κ3) is 4.61. The van der Waals surface area contributed by atoms with Gasteiger partial charge in [0.25, 0.3) is 0 Å². The summed E-state index contributed by atoms with van der Waals surface area (Å²) >= 11 is 0.933. The molecule has 1 unspecified atom stereocenters. The summed E-state index contributed by atoms with van der Waals surface area (Å²) in [5.74, 6) is -1.91. The van der Waals surface area contributed by atoms with E-state index < -0.39 is 47.4 Å². The maximum Gasteiger partial charge on any atom is 0.182 e. The topological polar surface area (TPSA) is 107 Å². The van der Waals surface area contributed by atoms with Crippen molar-refractivity contribution in [3.05, 3.63) is 52.3 Å². The summed E-state index contributed by atoms with van der Waals surface area (Å²) in [6, 6.07) is 1.27. The van der Waals surface area contributed by atoms with E-state index in [1.165, 1.54) is 11.6 Å². The monoisotopic (exact) mass is 527 g/mol. The zero-order valence-corrected chi connectivity index (χ0v) is 20.1. The van der Waals surface area contributed by atoms with Gasteiger partial charge in [-0.1, -0.05) is 0 Å². The van der Waals surface area contributed by atoms with E-state index in [1.54, 1.807) is 11.7 Å². The predicted octanol–water partition coefficient (Wildman–Crippen LogP) is 3.64. The van der Waals surface area contributed by atoms with Crippen LogP contribution in [-0.4, -0.2) is 51.9 Å². The first-order valence-corrected chi connectivity index (χ1v) is 12.2. The Morgan fingerprint density at radius 3 is 2.67 bits per heavy atom. The van der Waals surface area contributed by atoms with Crippen LogP contribution in [0.25, 0.3) is 10.6 Å². The minimum atomic E-state index is -1.91. The number of nitrogens with two attached hydrogens (primary N) is 1. The van der Waals surface area contributed by atoms with Crippen molar-refractivity contribution in [1.82, 2.24) is 14.8 Å². The first-order chi connectivity index (χ1) is 17.2. The van der Waals surface area contributed by atoms with Crippen LogP contribution in [0.4, 0.5) is 23.2 Å². The number of thiazole rings is 1. The number of aromatic nitrogens is 3. The predicted molar refractivity (Wildman–Crippen MR) is 124 cm³/mol. The highest BCUT2D eigenvalue weighted by Gasteiger charge is 2.42. The molecule has 13 heteroatoms. The number of hydrogen-bond donors (Lipinski definition) is 3. The van der Waals surface area contributed by atoms with Gasteiger partial charge in [0.2, 0.25) is 0 Å². The van der Waals surface area contributed by atoms with Gasteiger partial charge in [-0.25, -0.2) is 22.5 Å². The molecule has 0 spiro atoms. The van der Waals surface area contributed by atoms with Gasteiger partial charge >= 0.3 is 0 Å². The second-order valence-corrected chi connectivity index (χ2v) is 9.90. The molecular weight excluding hydrogens is 502 g/mol. The van der Waals surface area contributed by atoms with Crippen LogP contribution < -0.4 is 11.1 Å². The van der Waals surface area contributed by atoms with Crippen molar-refractivity contribution in [2.45, 2.75) is 43.1 Å². The smallest absolute Gasteiger partial charge is 0.182 e. The van der Waals surface area contributed by atoms with E-state index in [0.29, 0.717) is 24.2 Å². The number of aryl methyl sites for hydroxylation is 1.